The van der Waals surface area contributed by atoms with Gasteiger partial charge in [-0.3, -0.25) is 0 Å². The topological polar surface area (TPSA) is 61.0 Å². The summed E-state index contributed by atoms with van der Waals surface area (Å²) < 4.78 is 13.3. The van der Waals surface area contributed by atoms with Gasteiger partial charge in [-0.2, -0.15) is 0 Å². The summed E-state index contributed by atoms with van der Waals surface area (Å²) in [6.07, 6.45) is 0. The minimum Gasteiger partial charge on any atom is -0.457 e. The zero-order chi connectivity index (χ0) is 40.1. The molecule has 1 aliphatic carbocycles. The molecule has 5 nitrogen and oxygen atoms in total. The molecule has 284 valence electrons. The molecule has 0 radical (unpaired) electrons. The summed E-state index contributed by atoms with van der Waals surface area (Å²) >= 11 is 0. The zero-order valence-electron chi connectivity index (χ0n) is 32.7. The van der Waals surface area contributed by atoms with Crippen molar-refractivity contribution in [2.24, 2.45) is 0 Å². The molecule has 9 aromatic carbocycles. The van der Waals surface area contributed by atoms with E-state index in [1.165, 1.54) is 21.9 Å². The molecule has 0 fully saturated rings. The minimum atomic E-state index is -0.704. The van der Waals surface area contributed by atoms with Crippen LogP contribution in [-0.2, 0) is 5.41 Å². The van der Waals surface area contributed by atoms with Crippen LogP contribution in [0.1, 0.15) is 22.3 Å². The van der Waals surface area contributed by atoms with Crippen molar-refractivity contribution in [1.29, 1.82) is 0 Å². The molecule has 61 heavy (non-hydrogen) atoms. The number of ether oxygens (including phenoxy) is 1. The Morgan fingerprint density at radius 1 is 0.361 bits per heavy atom. The Bertz CT molecular complexity index is 3540. The lowest BCUT2D eigenvalue weighted by Crippen LogP contribution is -2.32. The first-order valence-corrected chi connectivity index (χ1v) is 20.6. The molecule has 0 amide bonds. The molecular weight excluding hydrogens is 747 g/mol. The predicted octanol–water partition coefficient (Wildman–Crippen LogP) is 14.1. The summed E-state index contributed by atoms with van der Waals surface area (Å²) in [5, 5.41) is 4.50. The molecular formula is C56H33N3O2. The van der Waals surface area contributed by atoms with Crippen molar-refractivity contribution in [1.82, 2.24) is 15.0 Å². The Morgan fingerprint density at radius 3 is 1.79 bits per heavy atom. The van der Waals surface area contributed by atoms with Crippen molar-refractivity contribution >= 4 is 32.7 Å². The second-order valence-corrected chi connectivity index (χ2v) is 15.8. The van der Waals surface area contributed by atoms with Crippen LogP contribution < -0.4 is 4.74 Å². The van der Waals surface area contributed by atoms with Gasteiger partial charge >= 0.3 is 0 Å². The van der Waals surface area contributed by atoms with Gasteiger partial charge in [0.2, 0.25) is 0 Å². The van der Waals surface area contributed by atoms with Gasteiger partial charge in [0.1, 0.15) is 22.7 Å². The van der Waals surface area contributed by atoms with Crippen LogP contribution >= 0.6 is 0 Å². The molecule has 3 heterocycles. The number of fused-ring (bicyclic) bond motifs is 13. The van der Waals surface area contributed by atoms with Crippen LogP contribution in [-0.4, -0.2) is 15.0 Å². The van der Waals surface area contributed by atoms with Gasteiger partial charge in [-0.15, -0.1) is 0 Å². The molecule has 1 spiro atoms. The van der Waals surface area contributed by atoms with Gasteiger partial charge in [-0.25, -0.2) is 15.0 Å². The third-order valence-corrected chi connectivity index (χ3v) is 12.6. The van der Waals surface area contributed by atoms with Crippen LogP contribution in [0.5, 0.6) is 11.5 Å². The molecule has 0 unspecified atom stereocenters. The number of para-hydroxylation sites is 4. The third kappa shape index (κ3) is 4.86. The van der Waals surface area contributed by atoms with E-state index in [0.717, 1.165) is 83.5 Å². The maximum absolute atomic E-state index is 6.73. The lowest BCUT2D eigenvalue weighted by Gasteiger charge is -2.39. The quantitative estimate of drug-likeness (QED) is 0.178. The van der Waals surface area contributed by atoms with Gasteiger partial charge in [0.05, 0.1) is 11.0 Å². The summed E-state index contributed by atoms with van der Waals surface area (Å²) in [5.41, 5.74) is 12.6. The maximum atomic E-state index is 6.73. The molecule has 0 bridgehead atoms. The monoisotopic (exact) mass is 779 g/mol. The Morgan fingerprint density at radius 2 is 0.951 bits per heavy atom. The molecule has 13 rings (SSSR count). The average Bonchev–Trinajstić information content (AvgIpc) is 3.85. The number of hydrogen-bond acceptors (Lipinski definition) is 5. The number of hydrogen-bond donors (Lipinski definition) is 0. The standard InChI is InChI=1S/C56H33N3O2/c1-2-16-35(17-3-1)53-57-54(59-55(58-53)43-24-13-22-40-39-20-6-9-28-48(39)61-52(40)43)42-23-14-27-46-51(42)41-32-31-36(38-21-12-18-34-15-4-5-19-37(34)38)33-47(41)56(46)44-25-7-10-29-49(44)60-50-30-11-8-26-45(50)56/h1-33H. The van der Waals surface area contributed by atoms with E-state index >= 15 is 0 Å². The number of rotatable bonds is 4. The van der Waals surface area contributed by atoms with Crippen molar-refractivity contribution in [3.63, 3.8) is 0 Å². The van der Waals surface area contributed by atoms with Crippen molar-refractivity contribution in [3.05, 3.63) is 222 Å². The van der Waals surface area contributed by atoms with E-state index in [4.69, 9.17) is 24.1 Å². The van der Waals surface area contributed by atoms with Crippen LogP contribution in [0, 0.1) is 0 Å². The van der Waals surface area contributed by atoms with Gasteiger partial charge in [-0.1, -0.05) is 170 Å². The van der Waals surface area contributed by atoms with Crippen molar-refractivity contribution in [3.8, 4) is 67.9 Å². The highest BCUT2D eigenvalue weighted by molar-refractivity contribution is 6.09. The maximum Gasteiger partial charge on any atom is 0.167 e. The molecule has 2 aromatic heterocycles. The normalized spacial score (nSPS) is 13.2. The van der Waals surface area contributed by atoms with Crippen molar-refractivity contribution < 1.29 is 9.15 Å². The summed E-state index contributed by atoms with van der Waals surface area (Å²) in [6.45, 7) is 0. The van der Waals surface area contributed by atoms with Gasteiger partial charge in [0.15, 0.2) is 17.5 Å². The fourth-order valence-electron chi connectivity index (χ4n) is 10.0. The lowest BCUT2D eigenvalue weighted by atomic mass is 9.66. The third-order valence-electron chi connectivity index (χ3n) is 12.6. The summed E-state index contributed by atoms with van der Waals surface area (Å²) in [7, 11) is 0. The van der Waals surface area contributed by atoms with Crippen molar-refractivity contribution in [2.75, 3.05) is 0 Å². The Hall–Kier alpha value is -8.15. The second-order valence-electron chi connectivity index (χ2n) is 15.8. The van der Waals surface area contributed by atoms with E-state index in [1.807, 2.05) is 42.5 Å². The zero-order valence-corrected chi connectivity index (χ0v) is 32.7. The van der Waals surface area contributed by atoms with Gasteiger partial charge in [-0.05, 0) is 74.5 Å². The van der Waals surface area contributed by atoms with E-state index in [-0.39, 0.29) is 0 Å². The molecule has 0 saturated carbocycles. The van der Waals surface area contributed by atoms with E-state index in [1.54, 1.807) is 0 Å². The number of furan rings is 1. The Labute approximate surface area is 351 Å². The average molecular weight is 780 g/mol. The highest BCUT2D eigenvalue weighted by Crippen LogP contribution is 2.63. The smallest absolute Gasteiger partial charge is 0.167 e. The Balaban J connectivity index is 1.12. The first-order valence-electron chi connectivity index (χ1n) is 20.6. The highest BCUT2D eigenvalue weighted by Gasteiger charge is 2.52. The SMILES string of the molecule is c1ccc(-c2nc(-c3cccc4c3-c3ccc(-c5cccc6ccccc56)cc3C43c4ccccc4Oc4ccccc43)nc(-c3cccc4c3oc3ccccc34)n2)cc1. The van der Waals surface area contributed by atoms with Crippen LogP contribution in [0.4, 0.5) is 0 Å². The number of aromatic nitrogens is 3. The number of nitrogens with zero attached hydrogens (tertiary/aromatic N) is 3. The summed E-state index contributed by atoms with van der Waals surface area (Å²) in [5.74, 6) is 3.41. The molecule has 5 heteroatoms. The summed E-state index contributed by atoms with van der Waals surface area (Å²) in [6, 6.07) is 70.3. The fraction of sp³-hybridized carbons (Fsp3) is 0.0179. The number of benzene rings is 9. The van der Waals surface area contributed by atoms with E-state index < -0.39 is 5.41 Å². The predicted molar refractivity (Wildman–Crippen MR) is 244 cm³/mol. The first kappa shape index (κ1) is 33.8. The van der Waals surface area contributed by atoms with Crippen LogP contribution in [0.15, 0.2) is 205 Å². The largest absolute Gasteiger partial charge is 0.457 e. The molecule has 0 N–H and O–H groups in total. The van der Waals surface area contributed by atoms with E-state index in [0.29, 0.717) is 17.5 Å². The first-order chi connectivity index (χ1) is 30.2. The molecule has 0 saturated heterocycles. The second kappa shape index (κ2) is 12.9. The van der Waals surface area contributed by atoms with Crippen LogP contribution in [0.2, 0.25) is 0 Å². The van der Waals surface area contributed by atoms with E-state index in [2.05, 4.69) is 158 Å². The molecule has 11 aromatic rings. The van der Waals surface area contributed by atoms with Gasteiger partial charge < -0.3 is 9.15 Å². The Kier molecular flexibility index (Phi) is 7.16. The van der Waals surface area contributed by atoms with Gasteiger partial charge in [0.25, 0.3) is 0 Å². The molecule has 2 aliphatic rings. The highest BCUT2D eigenvalue weighted by atomic mass is 16.5. The minimum absolute atomic E-state index is 0.548. The van der Waals surface area contributed by atoms with Crippen LogP contribution in [0.25, 0.3) is 89.1 Å². The van der Waals surface area contributed by atoms with Gasteiger partial charge in [0, 0.05) is 33.0 Å². The van der Waals surface area contributed by atoms with Crippen molar-refractivity contribution in [2.45, 2.75) is 5.41 Å². The fourth-order valence-corrected chi connectivity index (χ4v) is 10.0. The molecule has 1 aliphatic heterocycles. The van der Waals surface area contributed by atoms with Crippen LogP contribution in [0.3, 0.4) is 0 Å². The molecule has 0 atom stereocenters. The summed E-state index contributed by atoms with van der Waals surface area (Å²) in [4.78, 5) is 15.9. The van der Waals surface area contributed by atoms with E-state index in [9.17, 15) is 0 Å². The lowest BCUT2D eigenvalue weighted by molar-refractivity contribution is 0.436.